The van der Waals surface area contributed by atoms with Crippen molar-refractivity contribution >= 4 is 22.6 Å². The molecule has 3 aromatic heterocycles. The molecule has 1 amide bonds. The Hall–Kier alpha value is -4.34. The number of aromatic nitrogens is 4. The van der Waals surface area contributed by atoms with Gasteiger partial charge in [-0.3, -0.25) is 9.78 Å². The van der Waals surface area contributed by atoms with Crippen LogP contribution in [0, 0.1) is 5.82 Å². The van der Waals surface area contributed by atoms with E-state index < -0.39 is 5.82 Å². The summed E-state index contributed by atoms with van der Waals surface area (Å²) in [6.45, 7) is 2.56. The average Bonchev–Trinajstić information content (AvgIpc) is 2.93. The van der Waals surface area contributed by atoms with Gasteiger partial charge in [-0.15, -0.1) is 0 Å². The van der Waals surface area contributed by atoms with Crippen LogP contribution in [0.15, 0.2) is 49.1 Å². The second-order valence-corrected chi connectivity index (χ2v) is 8.01. The van der Waals surface area contributed by atoms with Crippen LogP contribution in [0.1, 0.15) is 35.2 Å². The third-order valence-electron chi connectivity index (χ3n) is 6.00. The Morgan fingerprint density at radius 1 is 1.08 bits per heavy atom. The highest BCUT2D eigenvalue weighted by molar-refractivity contribution is 6.06. The zero-order chi connectivity index (χ0) is 25.7. The van der Waals surface area contributed by atoms with Gasteiger partial charge in [0.25, 0.3) is 11.8 Å². The van der Waals surface area contributed by atoms with Crippen LogP contribution in [0.5, 0.6) is 11.6 Å². The Balaban J connectivity index is 1.61. The number of hydrogen-bond acceptors (Lipinski definition) is 8. The smallest absolute Gasteiger partial charge is 0.256 e. The van der Waals surface area contributed by atoms with Crippen molar-refractivity contribution in [2.45, 2.75) is 19.3 Å². The zero-order valence-corrected chi connectivity index (χ0v) is 20.5. The molecule has 0 bridgehead atoms. The summed E-state index contributed by atoms with van der Waals surface area (Å²) in [5.74, 6) is 0.663. The summed E-state index contributed by atoms with van der Waals surface area (Å²) in [5.41, 5.74) is 3.00. The number of anilines is 1. The molecule has 0 aliphatic rings. The number of benzene rings is 1. The van der Waals surface area contributed by atoms with Crippen molar-refractivity contribution in [3.8, 4) is 22.9 Å². The Bertz CT molecular complexity index is 1400. The Morgan fingerprint density at radius 2 is 1.92 bits per heavy atom. The lowest BCUT2D eigenvalue weighted by Gasteiger charge is -2.19. The van der Waals surface area contributed by atoms with Gasteiger partial charge in [0, 0.05) is 48.9 Å². The van der Waals surface area contributed by atoms with E-state index in [-0.39, 0.29) is 22.8 Å². The number of nitrogens with zero attached hydrogens (tertiary/aromatic N) is 4. The summed E-state index contributed by atoms with van der Waals surface area (Å²) in [6, 6.07) is 8.27. The number of halogens is 1. The lowest BCUT2D eigenvalue weighted by molar-refractivity contribution is 0.0964. The highest BCUT2D eigenvalue weighted by Crippen LogP contribution is 2.32. The van der Waals surface area contributed by atoms with E-state index in [2.05, 4.69) is 30.6 Å². The molecule has 3 heterocycles. The van der Waals surface area contributed by atoms with Crippen LogP contribution in [0.2, 0.25) is 0 Å². The highest BCUT2D eigenvalue weighted by Gasteiger charge is 2.20. The highest BCUT2D eigenvalue weighted by atomic mass is 19.1. The first kappa shape index (κ1) is 24.8. The van der Waals surface area contributed by atoms with Crippen LogP contribution in [0.25, 0.3) is 22.2 Å². The number of methoxy groups -OCH3 is 2. The van der Waals surface area contributed by atoms with Gasteiger partial charge in [0.1, 0.15) is 18.0 Å². The van der Waals surface area contributed by atoms with Gasteiger partial charge >= 0.3 is 0 Å². The van der Waals surface area contributed by atoms with E-state index in [0.717, 1.165) is 17.5 Å². The molecule has 10 heteroatoms. The molecule has 0 fully saturated rings. The van der Waals surface area contributed by atoms with Crippen molar-refractivity contribution in [2.75, 3.05) is 33.1 Å². The second kappa shape index (κ2) is 10.9. The third kappa shape index (κ3) is 4.88. The van der Waals surface area contributed by atoms with Gasteiger partial charge in [-0.2, -0.15) is 0 Å². The minimum Gasteiger partial charge on any atom is -0.491 e. The Kier molecular flexibility index (Phi) is 7.53. The van der Waals surface area contributed by atoms with E-state index in [4.69, 9.17) is 9.47 Å². The Morgan fingerprint density at radius 3 is 2.64 bits per heavy atom. The van der Waals surface area contributed by atoms with Gasteiger partial charge in [-0.05, 0) is 30.2 Å². The molecule has 0 saturated carbocycles. The predicted octanol–water partition coefficient (Wildman–Crippen LogP) is 4.21. The van der Waals surface area contributed by atoms with Crippen LogP contribution >= 0.6 is 0 Å². The number of pyridine rings is 2. The summed E-state index contributed by atoms with van der Waals surface area (Å²) in [4.78, 5) is 29.7. The third-order valence-corrected chi connectivity index (χ3v) is 6.00. The summed E-state index contributed by atoms with van der Waals surface area (Å²) in [7, 11) is 4.59. The van der Waals surface area contributed by atoms with Crippen molar-refractivity contribution in [2.24, 2.45) is 0 Å². The molecule has 36 heavy (non-hydrogen) atoms. The van der Waals surface area contributed by atoms with Crippen LogP contribution in [-0.2, 0) is 0 Å². The fourth-order valence-electron chi connectivity index (χ4n) is 4.09. The number of amides is 1. The van der Waals surface area contributed by atoms with Crippen LogP contribution in [-0.4, -0.2) is 53.7 Å². The van der Waals surface area contributed by atoms with Crippen LogP contribution in [0.3, 0.4) is 0 Å². The summed E-state index contributed by atoms with van der Waals surface area (Å²) in [6.07, 6.45) is 5.42. The molecule has 1 aromatic carbocycles. The maximum Gasteiger partial charge on any atom is 0.256 e. The van der Waals surface area contributed by atoms with Gasteiger partial charge in [0.2, 0.25) is 0 Å². The molecular formula is C26H27FN6O3. The monoisotopic (exact) mass is 490 g/mol. The number of carbonyl (C=O) groups is 1. The van der Waals surface area contributed by atoms with Crippen LogP contribution in [0.4, 0.5) is 10.2 Å². The minimum absolute atomic E-state index is 0.0123. The second-order valence-electron chi connectivity index (χ2n) is 8.01. The molecule has 186 valence electrons. The topological polar surface area (TPSA) is 111 Å². The van der Waals surface area contributed by atoms with E-state index in [0.29, 0.717) is 35.2 Å². The predicted molar refractivity (Wildman–Crippen MR) is 135 cm³/mol. The maximum atomic E-state index is 14.8. The first-order valence-corrected chi connectivity index (χ1v) is 11.4. The molecule has 0 radical (unpaired) electrons. The lowest BCUT2D eigenvalue weighted by atomic mass is 9.92. The van der Waals surface area contributed by atoms with Crippen molar-refractivity contribution in [3.05, 3.63) is 66.0 Å². The summed E-state index contributed by atoms with van der Waals surface area (Å²) >= 11 is 0. The van der Waals surface area contributed by atoms with E-state index >= 15 is 0 Å². The van der Waals surface area contributed by atoms with E-state index in [1.165, 1.54) is 38.8 Å². The number of rotatable bonds is 9. The molecule has 2 N–H and O–H groups in total. The lowest BCUT2D eigenvalue weighted by Crippen LogP contribution is -2.19. The summed E-state index contributed by atoms with van der Waals surface area (Å²) < 4.78 is 25.3. The van der Waals surface area contributed by atoms with Crippen molar-refractivity contribution < 1.29 is 18.7 Å². The number of hydrogen-bond donors (Lipinski definition) is 2. The molecule has 0 aliphatic heterocycles. The zero-order valence-electron chi connectivity index (χ0n) is 20.5. The van der Waals surface area contributed by atoms with Gasteiger partial charge in [0.05, 0.1) is 31.0 Å². The van der Waals surface area contributed by atoms with Crippen molar-refractivity contribution in [3.63, 3.8) is 0 Å². The molecule has 1 unspecified atom stereocenters. The first-order valence-electron chi connectivity index (χ1n) is 11.4. The molecule has 1 atom stereocenters. The van der Waals surface area contributed by atoms with E-state index in [1.54, 1.807) is 25.4 Å². The number of fused-ring (bicyclic) bond motifs is 1. The molecule has 0 spiro atoms. The standard InChI is InChI=1S/C26H27FN6O3/c1-5-15(17-6-7-19(27)23-18(25(34)28-2)8-9-29-24(17)23)12-30-22-11-20(32-14-33-22)16-10-21(35-3)26(36-4)31-13-16/h6-11,13-15H,5,12H2,1-4H3,(H,28,34)(H,30,32,33). The molecule has 4 rings (SSSR count). The Labute approximate surface area is 208 Å². The number of nitrogens with one attached hydrogen (secondary N) is 2. The molecule has 0 aliphatic carbocycles. The average molecular weight is 491 g/mol. The molecular weight excluding hydrogens is 463 g/mol. The number of carbonyl (C=O) groups excluding carboxylic acids is 1. The minimum atomic E-state index is -0.479. The summed E-state index contributed by atoms with van der Waals surface area (Å²) in [5, 5.41) is 6.14. The van der Waals surface area contributed by atoms with Gasteiger partial charge < -0.3 is 20.1 Å². The normalized spacial score (nSPS) is 11.7. The van der Waals surface area contributed by atoms with Gasteiger partial charge in [-0.25, -0.2) is 19.3 Å². The van der Waals surface area contributed by atoms with Crippen molar-refractivity contribution in [1.29, 1.82) is 0 Å². The van der Waals surface area contributed by atoms with Gasteiger partial charge in [0.15, 0.2) is 5.75 Å². The van der Waals surface area contributed by atoms with E-state index in [9.17, 15) is 9.18 Å². The largest absolute Gasteiger partial charge is 0.491 e. The molecule has 9 nitrogen and oxygen atoms in total. The van der Waals surface area contributed by atoms with Gasteiger partial charge in [-0.1, -0.05) is 13.0 Å². The maximum absolute atomic E-state index is 14.8. The van der Waals surface area contributed by atoms with Crippen LogP contribution < -0.4 is 20.1 Å². The molecule has 4 aromatic rings. The molecule has 0 saturated heterocycles. The fourth-order valence-corrected chi connectivity index (χ4v) is 4.09. The first-order chi connectivity index (χ1) is 17.5. The quantitative estimate of drug-likeness (QED) is 0.359. The fraction of sp³-hybridized carbons (Fsp3) is 0.269. The van der Waals surface area contributed by atoms with E-state index in [1.807, 2.05) is 13.0 Å². The number of ether oxygens (including phenoxy) is 2. The van der Waals surface area contributed by atoms with Crippen molar-refractivity contribution in [1.82, 2.24) is 25.3 Å². The SMILES string of the molecule is CCC(CNc1cc(-c2cnc(OC)c(OC)c2)ncn1)c1ccc(F)c2c(C(=O)NC)ccnc12.